The van der Waals surface area contributed by atoms with E-state index < -0.39 is 0 Å². The number of aliphatic hydroxyl groups is 1. The Hall–Kier alpha value is -1.35. The van der Waals surface area contributed by atoms with Crippen molar-refractivity contribution in [3.63, 3.8) is 0 Å². The predicted molar refractivity (Wildman–Crippen MR) is 71.6 cm³/mol. The topological polar surface area (TPSA) is 49.3 Å². The number of benzene rings is 1. The molecule has 1 aromatic carbocycles. The second-order valence-electron chi connectivity index (χ2n) is 6.56. The van der Waals surface area contributed by atoms with E-state index in [4.69, 9.17) is 0 Å². The van der Waals surface area contributed by atoms with Crippen LogP contribution in [0.3, 0.4) is 0 Å². The van der Waals surface area contributed by atoms with E-state index in [1.54, 1.807) is 0 Å². The van der Waals surface area contributed by atoms with Crippen molar-refractivity contribution < 1.29 is 9.90 Å². The number of carbonyl (C=O) groups is 1. The molecule has 0 spiro atoms. The van der Waals surface area contributed by atoms with Crippen molar-refractivity contribution in [2.75, 3.05) is 0 Å². The molecule has 0 saturated heterocycles. The van der Waals surface area contributed by atoms with Gasteiger partial charge in [0.2, 0.25) is 0 Å². The van der Waals surface area contributed by atoms with Crippen molar-refractivity contribution >= 4 is 5.91 Å². The molecule has 4 aliphatic rings. The fraction of sp³-hybridized carbons (Fsp3) is 0.562. The van der Waals surface area contributed by atoms with Crippen LogP contribution in [0.15, 0.2) is 30.3 Å². The van der Waals surface area contributed by atoms with E-state index >= 15 is 0 Å². The van der Waals surface area contributed by atoms with Gasteiger partial charge in [-0.25, -0.2) is 0 Å². The largest absolute Gasteiger partial charge is 0.393 e. The molecule has 1 aromatic rings. The molecule has 5 atom stereocenters. The van der Waals surface area contributed by atoms with Crippen molar-refractivity contribution in [1.29, 1.82) is 0 Å². The van der Waals surface area contributed by atoms with Gasteiger partial charge < -0.3 is 10.4 Å². The molecule has 5 rings (SSSR count). The lowest BCUT2D eigenvalue weighted by atomic mass is 9.78. The molecule has 0 aromatic heterocycles. The summed E-state index contributed by atoms with van der Waals surface area (Å²) in [6, 6.07) is 9.44. The van der Waals surface area contributed by atoms with Gasteiger partial charge in [0.1, 0.15) is 0 Å². The predicted octanol–water partition coefficient (Wildman–Crippen LogP) is 1.97. The molecule has 4 saturated carbocycles. The van der Waals surface area contributed by atoms with Gasteiger partial charge in [-0.2, -0.15) is 0 Å². The molecule has 4 bridgehead atoms. The zero-order valence-electron chi connectivity index (χ0n) is 10.9. The summed E-state index contributed by atoms with van der Waals surface area (Å²) in [5, 5.41) is 13.5. The molecular formula is C16H19NO2. The highest BCUT2D eigenvalue weighted by atomic mass is 16.3. The third-order valence-electron chi connectivity index (χ3n) is 5.57. The standard InChI is InChI=1S/C16H19NO2/c18-14-11-6-13-7-12(14)9-16(13,8-11)17-15(19)10-4-2-1-3-5-10/h1-5,11-14,18H,6-9H2,(H,17,19)/t11-,12+,13?,14?,16?. The van der Waals surface area contributed by atoms with E-state index in [1.165, 1.54) is 0 Å². The van der Waals surface area contributed by atoms with Crippen molar-refractivity contribution in [2.24, 2.45) is 17.8 Å². The van der Waals surface area contributed by atoms with Crippen LogP contribution in [0.2, 0.25) is 0 Å². The molecule has 100 valence electrons. The molecule has 3 unspecified atom stereocenters. The van der Waals surface area contributed by atoms with Gasteiger partial charge in [0.15, 0.2) is 0 Å². The molecule has 19 heavy (non-hydrogen) atoms. The lowest BCUT2D eigenvalue weighted by Gasteiger charge is -2.36. The number of rotatable bonds is 2. The number of hydrogen-bond donors (Lipinski definition) is 2. The van der Waals surface area contributed by atoms with Crippen LogP contribution in [0.25, 0.3) is 0 Å². The summed E-state index contributed by atoms with van der Waals surface area (Å²) in [4.78, 5) is 12.4. The van der Waals surface area contributed by atoms with Crippen LogP contribution in [-0.4, -0.2) is 22.7 Å². The fourth-order valence-electron chi connectivity index (χ4n) is 4.79. The Labute approximate surface area is 113 Å². The first-order valence-corrected chi connectivity index (χ1v) is 7.23. The maximum Gasteiger partial charge on any atom is 0.251 e. The van der Waals surface area contributed by atoms with Gasteiger partial charge in [0.05, 0.1) is 6.10 Å². The summed E-state index contributed by atoms with van der Waals surface area (Å²) in [6.45, 7) is 0. The van der Waals surface area contributed by atoms with Gasteiger partial charge in [-0.05, 0) is 55.6 Å². The summed E-state index contributed by atoms with van der Waals surface area (Å²) in [5.41, 5.74) is 0.713. The lowest BCUT2D eigenvalue weighted by Crippen LogP contribution is -2.50. The highest BCUT2D eigenvalue weighted by Crippen LogP contribution is 2.60. The fourth-order valence-corrected chi connectivity index (χ4v) is 4.79. The maximum atomic E-state index is 12.4. The number of nitrogens with one attached hydrogen (secondary N) is 1. The van der Waals surface area contributed by atoms with Gasteiger partial charge in [-0.3, -0.25) is 4.79 Å². The number of aliphatic hydroxyl groups excluding tert-OH is 1. The highest BCUT2D eigenvalue weighted by Gasteiger charge is 2.61. The first kappa shape index (κ1) is 11.5. The maximum absolute atomic E-state index is 12.4. The molecule has 0 aliphatic heterocycles. The quantitative estimate of drug-likeness (QED) is 0.851. The minimum atomic E-state index is -0.125. The third-order valence-corrected chi connectivity index (χ3v) is 5.57. The van der Waals surface area contributed by atoms with Crippen LogP contribution in [0.5, 0.6) is 0 Å². The monoisotopic (exact) mass is 257 g/mol. The van der Waals surface area contributed by atoms with Gasteiger partial charge in [-0.1, -0.05) is 18.2 Å². The molecule has 3 heteroatoms. The summed E-state index contributed by atoms with van der Waals surface area (Å²) in [7, 11) is 0. The Balaban J connectivity index is 1.57. The Kier molecular flexibility index (Phi) is 2.31. The number of hydrogen-bond acceptors (Lipinski definition) is 2. The average Bonchev–Trinajstić information content (AvgIpc) is 2.86. The van der Waals surface area contributed by atoms with Crippen molar-refractivity contribution in [2.45, 2.75) is 37.3 Å². The Morgan fingerprint density at radius 1 is 1.16 bits per heavy atom. The smallest absolute Gasteiger partial charge is 0.251 e. The molecular weight excluding hydrogens is 238 g/mol. The van der Waals surface area contributed by atoms with Crippen LogP contribution < -0.4 is 5.32 Å². The molecule has 2 N–H and O–H groups in total. The van der Waals surface area contributed by atoms with Crippen LogP contribution in [0, 0.1) is 17.8 Å². The normalized spacial score (nSPS) is 42.6. The van der Waals surface area contributed by atoms with Crippen molar-refractivity contribution in [3.8, 4) is 0 Å². The lowest BCUT2D eigenvalue weighted by molar-refractivity contribution is 0.0150. The Morgan fingerprint density at radius 2 is 1.79 bits per heavy atom. The highest BCUT2D eigenvalue weighted by molar-refractivity contribution is 5.94. The van der Waals surface area contributed by atoms with E-state index in [-0.39, 0.29) is 17.6 Å². The molecule has 4 aliphatic carbocycles. The summed E-state index contributed by atoms with van der Waals surface area (Å²) < 4.78 is 0. The van der Waals surface area contributed by atoms with Crippen LogP contribution in [0.1, 0.15) is 36.0 Å². The average molecular weight is 257 g/mol. The summed E-state index contributed by atoms with van der Waals surface area (Å²) in [6.07, 6.45) is 3.99. The minimum absolute atomic E-state index is 0.0263. The van der Waals surface area contributed by atoms with E-state index in [0.29, 0.717) is 17.8 Å². The number of amides is 1. The zero-order chi connectivity index (χ0) is 13.0. The SMILES string of the molecule is O=C(NC12C[C@H]3CC1C[C@@H](C2)C3O)c1ccccc1. The van der Waals surface area contributed by atoms with Gasteiger partial charge in [0, 0.05) is 11.1 Å². The van der Waals surface area contributed by atoms with Gasteiger partial charge in [-0.15, -0.1) is 0 Å². The minimum Gasteiger partial charge on any atom is -0.393 e. The van der Waals surface area contributed by atoms with E-state index in [0.717, 1.165) is 31.2 Å². The van der Waals surface area contributed by atoms with Crippen LogP contribution in [0.4, 0.5) is 0 Å². The van der Waals surface area contributed by atoms with Crippen molar-refractivity contribution in [1.82, 2.24) is 5.32 Å². The zero-order valence-corrected chi connectivity index (χ0v) is 10.9. The van der Waals surface area contributed by atoms with Crippen molar-refractivity contribution in [3.05, 3.63) is 35.9 Å². The summed E-state index contributed by atoms with van der Waals surface area (Å²) in [5.74, 6) is 1.45. The first-order valence-electron chi connectivity index (χ1n) is 7.23. The first-order chi connectivity index (χ1) is 9.18. The van der Waals surface area contributed by atoms with Crippen LogP contribution >= 0.6 is 0 Å². The van der Waals surface area contributed by atoms with Crippen LogP contribution in [-0.2, 0) is 0 Å². The number of carbonyl (C=O) groups excluding carboxylic acids is 1. The van der Waals surface area contributed by atoms with E-state index in [9.17, 15) is 9.90 Å². The third kappa shape index (κ3) is 1.57. The molecule has 3 nitrogen and oxygen atoms in total. The van der Waals surface area contributed by atoms with E-state index in [2.05, 4.69) is 5.32 Å². The molecule has 4 fully saturated rings. The Morgan fingerprint density at radius 3 is 2.42 bits per heavy atom. The van der Waals surface area contributed by atoms with Gasteiger partial charge >= 0.3 is 0 Å². The van der Waals surface area contributed by atoms with E-state index in [1.807, 2.05) is 30.3 Å². The summed E-state index contributed by atoms with van der Waals surface area (Å²) >= 11 is 0. The molecule has 0 radical (unpaired) electrons. The second-order valence-corrected chi connectivity index (χ2v) is 6.56. The molecule has 1 amide bonds. The Bertz CT molecular complexity index is 497. The molecule has 0 heterocycles. The van der Waals surface area contributed by atoms with Gasteiger partial charge in [0.25, 0.3) is 5.91 Å². The second kappa shape index (κ2) is 3.83.